The first-order chi connectivity index (χ1) is 8.52. The van der Waals surface area contributed by atoms with Crippen molar-refractivity contribution < 1.29 is 13.9 Å². The summed E-state index contributed by atoms with van der Waals surface area (Å²) in [6.45, 7) is 1.46. The molecule has 0 spiro atoms. The molecule has 2 rings (SSSR count). The number of carbonyl (C=O) groups excluding carboxylic acids is 1. The second-order valence-corrected chi connectivity index (χ2v) is 4.99. The molecule has 0 unspecified atom stereocenters. The zero-order valence-electron chi connectivity index (χ0n) is 9.24. The Morgan fingerprint density at radius 2 is 2.33 bits per heavy atom. The fourth-order valence-corrected chi connectivity index (χ4v) is 2.83. The van der Waals surface area contributed by atoms with E-state index < -0.39 is 17.9 Å². The molecule has 0 N–H and O–H groups in total. The molecule has 3 nitrogen and oxygen atoms in total. The van der Waals surface area contributed by atoms with Crippen LogP contribution in [0.4, 0.5) is 4.39 Å². The van der Waals surface area contributed by atoms with Crippen molar-refractivity contribution >= 4 is 39.0 Å². The number of halogens is 2. The van der Waals surface area contributed by atoms with E-state index in [1.54, 1.807) is 6.07 Å². The molecule has 6 heteroatoms. The Bertz CT molecular complexity index is 662. The third kappa shape index (κ3) is 2.30. The summed E-state index contributed by atoms with van der Waals surface area (Å²) in [5.74, 6) is -1.07. The molecule has 0 fully saturated rings. The summed E-state index contributed by atoms with van der Waals surface area (Å²) in [4.78, 5) is 11.9. The molecule has 2 aromatic rings. The summed E-state index contributed by atoms with van der Waals surface area (Å²) in [5.41, 5.74) is 0. The number of thiophene rings is 1. The van der Waals surface area contributed by atoms with Crippen LogP contribution in [0.5, 0.6) is 0 Å². The molecule has 0 aliphatic carbocycles. The van der Waals surface area contributed by atoms with Gasteiger partial charge in [-0.05, 0) is 25.1 Å². The molecule has 1 atom stereocenters. The fourth-order valence-electron chi connectivity index (χ4n) is 1.41. The van der Waals surface area contributed by atoms with Crippen LogP contribution in [-0.2, 0) is 4.74 Å². The molecular weight excluding hydrogens is 277 g/mol. The first kappa shape index (κ1) is 12.8. The van der Waals surface area contributed by atoms with Crippen LogP contribution in [0.3, 0.4) is 0 Å². The van der Waals surface area contributed by atoms with Gasteiger partial charge in [0.15, 0.2) is 6.10 Å². The predicted molar refractivity (Wildman–Crippen MR) is 67.3 cm³/mol. The molecular formula is C12H7ClFNO2S. The van der Waals surface area contributed by atoms with Crippen LogP contribution in [-0.4, -0.2) is 12.1 Å². The summed E-state index contributed by atoms with van der Waals surface area (Å²) in [7, 11) is 0. The number of nitriles is 1. The fraction of sp³-hybridized carbons (Fsp3) is 0.167. The standard InChI is InChI=1S/C12H7ClFNO2S/c1-6(5-15)17-12(16)11-10(13)8-3-2-7(14)4-9(8)18-11/h2-4,6H,1H3/t6-/m1/s1. The maximum Gasteiger partial charge on any atom is 0.351 e. The van der Waals surface area contributed by atoms with Gasteiger partial charge in [-0.25, -0.2) is 9.18 Å². The zero-order chi connectivity index (χ0) is 13.3. The van der Waals surface area contributed by atoms with E-state index >= 15 is 0 Å². The Morgan fingerprint density at radius 1 is 1.61 bits per heavy atom. The molecule has 92 valence electrons. The van der Waals surface area contributed by atoms with Crippen LogP contribution in [0.15, 0.2) is 18.2 Å². The summed E-state index contributed by atoms with van der Waals surface area (Å²) in [5, 5.41) is 9.39. The molecule has 1 aromatic heterocycles. The number of ether oxygens (including phenoxy) is 1. The molecule has 1 heterocycles. The minimum Gasteiger partial charge on any atom is -0.443 e. The molecule has 18 heavy (non-hydrogen) atoms. The Hall–Kier alpha value is -1.64. The van der Waals surface area contributed by atoms with Gasteiger partial charge in [-0.3, -0.25) is 0 Å². The Labute approximate surface area is 111 Å². The van der Waals surface area contributed by atoms with Crippen molar-refractivity contribution in [2.75, 3.05) is 0 Å². The number of benzene rings is 1. The number of carbonyl (C=O) groups is 1. The zero-order valence-corrected chi connectivity index (χ0v) is 10.8. The van der Waals surface area contributed by atoms with Crippen molar-refractivity contribution in [1.82, 2.24) is 0 Å². The van der Waals surface area contributed by atoms with E-state index in [9.17, 15) is 9.18 Å². The van der Waals surface area contributed by atoms with Crippen LogP contribution in [0.25, 0.3) is 10.1 Å². The lowest BCUT2D eigenvalue weighted by atomic mass is 10.2. The number of esters is 1. The smallest absolute Gasteiger partial charge is 0.351 e. The van der Waals surface area contributed by atoms with Gasteiger partial charge in [0.1, 0.15) is 16.8 Å². The number of hydrogen-bond donors (Lipinski definition) is 0. The summed E-state index contributed by atoms with van der Waals surface area (Å²) < 4.78 is 18.5. The van der Waals surface area contributed by atoms with Gasteiger partial charge in [-0.15, -0.1) is 11.3 Å². The van der Waals surface area contributed by atoms with Crippen LogP contribution in [0, 0.1) is 17.1 Å². The van der Waals surface area contributed by atoms with E-state index in [0.717, 1.165) is 11.3 Å². The van der Waals surface area contributed by atoms with Gasteiger partial charge in [0, 0.05) is 10.1 Å². The lowest BCUT2D eigenvalue weighted by Crippen LogP contribution is -2.12. The van der Waals surface area contributed by atoms with E-state index in [1.807, 2.05) is 0 Å². The van der Waals surface area contributed by atoms with Crippen molar-refractivity contribution in [3.8, 4) is 6.07 Å². The second-order valence-electron chi connectivity index (χ2n) is 3.56. The van der Waals surface area contributed by atoms with Crippen LogP contribution >= 0.6 is 22.9 Å². The number of hydrogen-bond acceptors (Lipinski definition) is 4. The largest absolute Gasteiger partial charge is 0.443 e. The Morgan fingerprint density at radius 3 is 3.00 bits per heavy atom. The second kappa shape index (κ2) is 4.92. The number of nitrogens with zero attached hydrogens (tertiary/aromatic N) is 1. The summed E-state index contributed by atoms with van der Waals surface area (Å²) >= 11 is 7.08. The van der Waals surface area contributed by atoms with Gasteiger partial charge in [0.2, 0.25) is 0 Å². The van der Waals surface area contributed by atoms with E-state index in [-0.39, 0.29) is 9.90 Å². The third-order valence-corrected chi connectivity index (χ3v) is 3.88. The molecule has 0 saturated carbocycles. The van der Waals surface area contributed by atoms with E-state index in [1.165, 1.54) is 25.1 Å². The first-order valence-corrected chi connectivity index (χ1v) is 6.20. The maximum absolute atomic E-state index is 13.0. The van der Waals surface area contributed by atoms with Gasteiger partial charge in [-0.1, -0.05) is 11.6 Å². The minimum atomic E-state index is -0.851. The van der Waals surface area contributed by atoms with Gasteiger partial charge in [0.25, 0.3) is 0 Å². The predicted octanol–water partition coefficient (Wildman–Crippen LogP) is 3.76. The third-order valence-electron chi connectivity index (χ3n) is 2.24. The molecule has 0 aliphatic heterocycles. The Balaban J connectivity index is 2.43. The highest BCUT2D eigenvalue weighted by molar-refractivity contribution is 7.21. The average molecular weight is 284 g/mol. The van der Waals surface area contributed by atoms with Gasteiger partial charge in [0.05, 0.1) is 5.02 Å². The summed E-state index contributed by atoms with van der Waals surface area (Å²) in [6, 6.07) is 5.87. The van der Waals surface area contributed by atoms with Crippen molar-refractivity contribution in [2.24, 2.45) is 0 Å². The monoisotopic (exact) mass is 283 g/mol. The quantitative estimate of drug-likeness (QED) is 0.789. The molecule has 0 saturated heterocycles. The normalized spacial score (nSPS) is 12.1. The highest BCUT2D eigenvalue weighted by Gasteiger charge is 2.20. The van der Waals surface area contributed by atoms with E-state index in [0.29, 0.717) is 10.1 Å². The average Bonchev–Trinajstić information content (AvgIpc) is 2.66. The van der Waals surface area contributed by atoms with Crippen molar-refractivity contribution in [3.05, 3.63) is 33.9 Å². The maximum atomic E-state index is 13.0. The lowest BCUT2D eigenvalue weighted by Gasteiger charge is -2.03. The van der Waals surface area contributed by atoms with Crippen molar-refractivity contribution in [1.29, 1.82) is 5.26 Å². The van der Waals surface area contributed by atoms with E-state index in [2.05, 4.69) is 0 Å². The highest BCUT2D eigenvalue weighted by atomic mass is 35.5. The van der Waals surface area contributed by atoms with Crippen LogP contribution in [0.2, 0.25) is 5.02 Å². The lowest BCUT2D eigenvalue weighted by molar-refractivity contribution is 0.0441. The number of rotatable bonds is 2. The topological polar surface area (TPSA) is 50.1 Å². The molecule has 0 aliphatic rings. The van der Waals surface area contributed by atoms with Crippen LogP contribution in [0.1, 0.15) is 16.6 Å². The Kier molecular flexibility index (Phi) is 3.50. The molecule has 0 radical (unpaired) electrons. The molecule has 0 amide bonds. The first-order valence-electron chi connectivity index (χ1n) is 5.01. The van der Waals surface area contributed by atoms with Gasteiger partial charge >= 0.3 is 5.97 Å². The summed E-state index contributed by atoms with van der Waals surface area (Å²) in [6.07, 6.45) is -0.851. The minimum absolute atomic E-state index is 0.180. The van der Waals surface area contributed by atoms with Crippen molar-refractivity contribution in [3.63, 3.8) is 0 Å². The highest BCUT2D eigenvalue weighted by Crippen LogP contribution is 2.36. The SMILES string of the molecule is C[C@H](C#N)OC(=O)c1sc2cc(F)ccc2c1Cl. The van der Waals surface area contributed by atoms with E-state index in [4.69, 9.17) is 21.6 Å². The van der Waals surface area contributed by atoms with Gasteiger partial charge in [-0.2, -0.15) is 5.26 Å². The number of fused-ring (bicyclic) bond motifs is 1. The van der Waals surface area contributed by atoms with Crippen molar-refractivity contribution in [2.45, 2.75) is 13.0 Å². The van der Waals surface area contributed by atoms with Gasteiger partial charge < -0.3 is 4.74 Å². The molecule has 1 aromatic carbocycles. The van der Waals surface area contributed by atoms with Crippen LogP contribution < -0.4 is 0 Å². The molecule has 0 bridgehead atoms.